The number of allylic oxidation sites excluding steroid dienone is 6. The standard InChI is InChI=1S/C48H84O11/c1-3-5-7-9-11-13-15-17-18-19-20-21-22-23-24-25-27-28-30-32-34-36-41(49)56-38-40(39-57-48-45(53)43(51)44(52)46(59-48)47(54)55)58-42(50)37-35-33-31-29-26-16-14-12-10-8-6-4-2/h12,14-15,17,19-20,40,43-46,48,51-53H,3-11,13,16,18,21-39H2,1-2H3,(H,54,55)/b14-12-,17-15-,20-19-. The van der Waals surface area contributed by atoms with E-state index in [2.05, 4.69) is 50.3 Å². The van der Waals surface area contributed by atoms with Crippen molar-refractivity contribution in [2.75, 3.05) is 13.2 Å². The number of ether oxygens (including phenoxy) is 4. The second-order valence-electron chi connectivity index (χ2n) is 16.2. The van der Waals surface area contributed by atoms with Gasteiger partial charge in [0.05, 0.1) is 6.61 Å². The molecule has 1 rings (SSSR count). The van der Waals surface area contributed by atoms with Crippen molar-refractivity contribution in [1.29, 1.82) is 0 Å². The van der Waals surface area contributed by atoms with E-state index in [1.807, 2.05) is 0 Å². The molecule has 0 aliphatic carbocycles. The summed E-state index contributed by atoms with van der Waals surface area (Å²) < 4.78 is 21.7. The van der Waals surface area contributed by atoms with Gasteiger partial charge in [-0.2, -0.15) is 0 Å². The third-order valence-electron chi connectivity index (χ3n) is 10.7. The SMILES string of the molecule is CCCCC/C=C\CCCCCCCC(=O)OC(COC(=O)CCCCCCCCCCC/C=C\C/C=C\CCCCCCC)COC1OC(C(=O)O)C(O)C(O)C1O. The Morgan fingerprint density at radius 2 is 0.949 bits per heavy atom. The van der Waals surface area contributed by atoms with E-state index >= 15 is 0 Å². The lowest BCUT2D eigenvalue weighted by Crippen LogP contribution is -2.60. The zero-order chi connectivity index (χ0) is 43.2. The van der Waals surface area contributed by atoms with Gasteiger partial charge in [0.2, 0.25) is 0 Å². The van der Waals surface area contributed by atoms with Gasteiger partial charge >= 0.3 is 17.9 Å². The monoisotopic (exact) mass is 837 g/mol. The van der Waals surface area contributed by atoms with Gasteiger partial charge in [-0.15, -0.1) is 0 Å². The van der Waals surface area contributed by atoms with Crippen LogP contribution in [0.5, 0.6) is 0 Å². The summed E-state index contributed by atoms with van der Waals surface area (Å²) in [6.45, 7) is 3.77. The molecule has 11 nitrogen and oxygen atoms in total. The van der Waals surface area contributed by atoms with Gasteiger partial charge in [0.1, 0.15) is 24.9 Å². The molecule has 342 valence electrons. The minimum atomic E-state index is -1.86. The topological polar surface area (TPSA) is 169 Å². The Kier molecular flexibility index (Phi) is 35.4. The summed E-state index contributed by atoms with van der Waals surface area (Å²) in [6.07, 6.45) is 34.8. The fourth-order valence-electron chi connectivity index (χ4n) is 6.96. The number of esters is 2. The number of carboxylic acids is 1. The predicted molar refractivity (Wildman–Crippen MR) is 234 cm³/mol. The van der Waals surface area contributed by atoms with Crippen molar-refractivity contribution in [3.63, 3.8) is 0 Å². The molecular weight excluding hydrogens is 753 g/mol. The third kappa shape index (κ3) is 30.2. The molecule has 1 heterocycles. The van der Waals surface area contributed by atoms with Gasteiger partial charge in [-0.3, -0.25) is 9.59 Å². The average Bonchev–Trinajstić information content (AvgIpc) is 3.22. The summed E-state index contributed by atoms with van der Waals surface area (Å²) >= 11 is 0. The molecule has 0 aromatic heterocycles. The Bertz CT molecular complexity index is 1120. The number of carboxylic acid groups (broad SMARTS) is 1. The van der Waals surface area contributed by atoms with E-state index in [9.17, 15) is 34.8 Å². The molecule has 0 radical (unpaired) electrons. The van der Waals surface area contributed by atoms with Crippen molar-refractivity contribution >= 4 is 17.9 Å². The van der Waals surface area contributed by atoms with Crippen LogP contribution in [0, 0.1) is 0 Å². The molecule has 1 fully saturated rings. The average molecular weight is 837 g/mol. The maximum absolute atomic E-state index is 12.7. The van der Waals surface area contributed by atoms with Crippen LogP contribution in [0.2, 0.25) is 0 Å². The van der Waals surface area contributed by atoms with Gasteiger partial charge < -0.3 is 39.4 Å². The molecule has 0 aromatic rings. The first-order valence-corrected chi connectivity index (χ1v) is 23.5. The summed E-state index contributed by atoms with van der Waals surface area (Å²) in [4.78, 5) is 36.8. The molecule has 0 spiro atoms. The summed E-state index contributed by atoms with van der Waals surface area (Å²) in [5.41, 5.74) is 0. The normalized spacial score (nSPS) is 20.2. The first-order chi connectivity index (χ1) is 28.7. The Morgan fingerprint density at radius 1 is 0.525 bits per heavy atom. The van der Waals surface area contributed by atoms with Crippen LogP contribution in [-0.4, -0.2) is 88.4 Å². The molecule has 6 unspecified atom stereocenters. The van der Waals surface area contributed by atoms with E-state index in [0.29, 0.717) is 12.8 Å². The van der Waals surface area contributed by atoms with Crippen LogP contribution in [0.3, 0.4) is 0 Å². The Labute approximate surface area is 357 Å². The molecular formula is C48H84O11. The summed E-state index contributed by atoms with van der Waals surface area (Å²) in [6, 6.07) is 0. The minimum Gasteiger partial charge on any atom is -0.479 e. The van der Waals surface area contributed by atoms with Gasteiger partial charge in [0.25, 0.3) is 0 Å². The van der Waals surface area contributed by atoms with E-state index in [0.717, 1.165) is 70.6 Å². The van der Waals surface area contributed by atoms with Crippen molar-refractivity contribution < 1.29 is 53.8 Å². The minimum absolute atomic E-state index is 0.172. The number of carbonyl (C=O) groups is 3. The fraction of sp³-hybridized carbons (Fsp3) is 0.812. The van der Waals surface area contributed by atoms with E-state index < -0.39 is 61.3 Å². The lowest BCUT2D eigenvalue weighted by Gasteiger charge is -2.38. The molecule has 1 saturated heterocycles. The zero-order valence-electron chi connectivity index (χ0n) is 37.0. The molecule has 6 atom stereocenters. The van der Waals surface area contributed by atoms with Crippen LogP contribution in [-0.2, 0) is 33.3 Å². The molecule has 0 saturated carbocycles. The van der Waals surface area contributed by atoms with Crippen molar-refractivity contribution in [2.24, 2.45) is 0 Å². The second kappa shape index (κ2) is 38.4. The second-order valence-corrected chi connectivity index (χ2v) is 16.2. The fourth-order valence-corrected chi connectivity index (χ4v) is 6.96. The number of aliphatic hydroxyl groups is 3. The highest BCUT2D eigenvalue weighted by Gasteiger charge is 2.47. The maximum Gasteiger partial charge on any atom is 0.335 e. The van der Waals surface area contributed by atoms with Gasteiger partial charge in [0, 0.05) is 12.8 Å². The summed E-state index contributed by atoms with van der Waals surface area (Å²) in [7, 11) is 0. The number of hydrogen-bond acceptors (Lipinski definition) is 10. The first kappa shape index (κ1) is 54.4. The van der Waals surface area contributed by atoms with Crippen LogP contribution < -0.4 is 0 Å². The van der Waals surface area contributed by atoms with E-state index in [1.54, 1.807) is 0 Å². The molecule has 0 bridgehead atoms. The maximum atomic E-state index is 12.7. The lowest BCUT2D eigenvalue weighted by atomic mass is 9.99. The molecule has 59 heavy (non-hydrogen) atoms. The number of hydrogen-bond donors (Lipinski definition) is 4. The number of aliphatic hydroxyl groups excluding tert-OH is 3. The van der Waals surface area contributed by atoms with Crippen LogP contribution in [0.25, 0.3) is 0 Å². The molecule has 0 aromatic carbocycles. The highest BCUT2D eigenvalue weighted by Crippen LogP contribution is 2.23. The molecule has 4 N–H and O–H groups in total. The van der Waals surface area contributed by atoms with Gasteiger partial charge in [0.15, 0.2) is 18.5 Å². The van der Waals surface area contributed by atoms with Crippen LogP contribution in [0.4, 0.5) is 0 Å². The molecule has 1 aliphatic heterocycles. The van der Waals surface area contributed by atoms with Crippen molar-refractivity contribution in [3.8, 4) is 0 Å². The third-order valence-corrected chi connectivity index (χ3v) is 10.7. The Hall–Kier alpha value is -2.57. The van der Waals surface area contributed by atoms with Gasteiger partial charge in [-0.25, -0.2) is 4.79 Å². The van der Waals surface area contributed by atoms with Crippen LogP contribution in [0.1, 0.15) is 200 Å². The molecule has 1 aliphatic rings. The van der Waals surface area contributed by atoms with E-state index in [1.165, 1.54) is 89.9 Å². The number of aliphatic carboxylic acids is 1. The smallest absolute Gasteiger partial charge is 0.335 e. The zero-order valence-corrected chi connectivity index (χ0v) is 37.0. The number of rotatable bonds is 39. The number of unbranched alkanes of at least 4 members (excludes halogenated alkanes) is 22. The van der Waals surface area contributed by atoms with Gasteiger partial charge in [-0.1, -0.05) is 153 Å². The van der Waals surface area contributed by atoms with E-state index in [4.69, 9.17) is 18.9 Å². The number of carbonyl (C=O) groups excluding carboxylic acids is 2. The Morgan fingerprint density at radius 3 is 1.46 bits per heavy atom. The van der Waals surface area contributed by atoms with Crippen molar-refractivity contribution in [1.82, 2.24) is 0 Å². The van der Waals surface area contributed by atoms with Crippen molar-refractivity contribution in [3.05, 3.63) is 36.5 Å². The largest absolute Gasteiger partial charge is 0.479 e. The van der Waals surface area contributed by atoms with Crippen molar-refractivity contribution in [2.45, 2.75) is 237 Å². The van der Waals surface area contributed by atoms with Gasteiger partial charge in [-0.05, 0) is 70.6 Å². The predicted octanol–water partition coefficient (Wildman–Crippen LogP) is 10.4. The molecule has 11 heteroatoms. The lowest BCUT2D eigenvalue weighted by molar-refractivity contribution is -0.298. The van der Waals surface area contributed by atoms with Crippen LogP contribution >= 0.6 is 0 Å². The first-order valence-electron chi connectivity index (χ1n) is 23.5. The molecule has 0 amide bonds. The highest BCUT2D eigenvalue weighted by molar-refractivity contribution is 5.73. The van der Waals surface area contributed by atoms with Crippen LogP contribution in [0.15, 0.2) is 36.5 Å². The Balaban J connectivity index is 2.31. The summed E-state index contributed by atoms with van der Waals surface area (Å²) in [5, 5.41) is 39.8. The summed E-state index contributed by atoms with van der Waals surface area (Å²) in [5.74, 6) is -2.46. The quantitative estimate of drug-likeness (QED) is 0.0264. The highest BCUT2D eigenvalue weighted by atomic mass is 16.7. The van der Waals surface area contributed by atoms with E-state index in [-0.39, 0.29) is 19.4 Å².